The maximum absolute atomic E-state index is 13.0. The Balaban J connectivity index is 1.63. The van der Waals surface area contributed by atoms with E-state index in [1.807, 2.05) is 30.4 Å². The molecule has 0 amide bonds. The van der Waals surface area contributed by atoms with Gasteiger partial charge in [-0.15, -0.1) is 0 Å². The summed E-state index contributed by atoms with van der Waals surface area (Å²) in [6.45, 7) is 8.09. The first-order chi connectivity index (χ1) is 18.1. The van der Waals surface area contributed by atoms with E-state index in [-0.39, 0.29) is 11.8 Å². The second-order valence-electron chi connectivity index (χ2n) is 9.96. The summed E-state index contributed by atoms with van der Waals surface area (Å²) in [5, 5.41) is 13.0. The van der Waals surface area contributed by atoms with E-state index in [1.54, 1.807) is 0 Å². The SMILES string of the molecule is C=CC1=CC2Cc3ccccc3C(O)(c3ccc(-c4ccccc4)cc3-c3ccccc3)C2C=C1C=C. The van der Waals surface area contributed by atoms with Gasteiger partial charge in [0.1, 0.15) is 5.60 Å². The Labute approximate surface area is 219 Å². The summed E-state index contributed by atoms with van der Waals surface area (Å²) in [6.07, 6.45) is 9.14. The Morgan fingerprint density at radius 2 is 1.27 bits per heavy atom. The van der Waals surface area contributed by atoms with Crippen LogP contribution in [0.15, 0.2) is 152 Å². The van der Waals surface area contributed by atoms with Gasteiger partial charge < -0.3 is 5.11 Å². The summed E-state index contributed by atoms with van der Waals surface area (Å²) in [5.41, 5.74) is 8.42. The average Bonchev–Trinajstić information content (AvgIpc) is 2.97. The molecule has 0 fully saturated rings. The van der Waals surface area contributed by atoms with Crippen LogP contribution in [0.1, 0.15) is 16.7 Å². The first-order valence-electron chi connectivity index (χ1n) is 12.9. The van der Waals surface area contributed by atoms with Crippen LogP contribution in [0, 0.1) is 11.8 Å². The van der Waals surface area contributed by atoms with E-state index >= 15 is 0 Å². The molecule has 0 bridgehead atoms. The number of fused-ring (bicyclic) bond motifs is 2. The van der Waals surface area contributed by atoms with Crippen molar-refractivity contribution < 1.29 is 5.11 Å². The number of aliphatic hydroxyl groups is 1. The Kier molecular flexibility index (Phi) is 5.87. The summed E-state index contributed by atoms with van der Waals surface area (Å²) in [4.78, 5) is 0. The molecule has 0 aromatic heterocycles. The van der Waals surface area contributed by atoms with Gasteiger partial charge in [-0.05, 0) is 68.5 Å². The van der Waals surface area contributed by atoms with E-state index < -0.39 is 5.60 Å². The minimum Gasteiger partial charge on any atom is -0.380 e. The molecule has 0 saturated heterocycles. The lowest BCUT2D eigenvalue weighted by Gasteiger charge is -2.47. The monoisotopic (exact) mass is 478 g/mol. The smallest absolute Gasteiger partial charge is 0.122 e. The second kappa shape index (κ2) is 9.35. The number of allylic oxidation sites excluding steroid dienone is 5. The van der Waals surface area contributed by atoms with Crippen molar-refractivity contribution >= 4 is 0 Å². The number of hydrogen-bond acceptors (Lipinski definition) is 1. The highest BCUT2D eigenvalue weighted by Gasteiger charge is 2.49. The molecule has 1 nitrogen and oxygen atoms in total. The van der Waals surface area contributed by atoms with E-state index in [4.69, 9.17) is 0 Å². The minimum atomic E-state index is -1.21. The molecule has 2 aliphatic carbocycles. The van der Waals surface area contributed by atoms with Crippen LogP contribution >= 0.6 is 0 Å². The van der Waals surface area contributed by atoms with E-state index in [1.165, 1.54) is 5.56 Å². The average molecular weight is 479 g/mol. The fraction of sp³-hybridized carbons (Fsp3) is 0.111. The molecule has 0 saturated carbocycles. The molecule has 0 aliphatic heterocycles. The van der Waals surface area contributed by atoms with Crippen molar-refractivity contribution in [3.63, 3.8) is 0 Å². The molecular weight excluding hydrogens is 448 g/mol. The fourth-order valence-electron chi connectivity index (χ4n) is 6.20. The zero-order valence-electron chi connectivity index (χ0n) is 20.8. The van der Waals surface area contributed by atoms with Gasteiger partial charge in [0.15, 0.2) is 0 Å². The molecule has 3 atom stereocenters. The van der Waals surface area contributed by atoms with Gasteiger partial charge >= 0.3 is 0 Å². The largest absolute Gasteiger partial charge is 0.380 e. The fourth-order valence-corrected chi connectivity index (χ4v) is 6.20. The molecule has 180 valence electrons. The van der Waals surface area contributed by atoms with Crippen LogP contribution in [0.2, 0.25) is 0 Å². The Morgan fingerprint density at radius 1 is 0.649 bits per heavy atom. The molecule has 1 N–H and O–H groups in total. The Bertz CT molecular complexity index is 1540. The van der Waals surface area contributed by atoms with Gasteiger partial charge in [0.2, 0.25) is 0 Å². The Hall–Kier alpha value is -4.20. The number of benzene rings is 4. The molecule has 37 heavy (non-hydrogen) atoms. The third-order valence-corrected chi connectivity index (χ3v) is 7.98. The maximum atomic E-state index is 13.0. The standard InChI is InChI=1S/C36H30O/c1-3-25-21-31-22-30-17-11-12-18-33(30)36(37,35(31)24-26(25)4-2)34-20-19-29(27-13-7-5-8-14-27)23-32(34)28-15-9-6-10-16-28/h3-21,23-24,31,35,37H,1-2,22H2. The van der Waals surface area contributed by atoms with Gasteiger partial charge in [-0.3, -0.25) is 0 Å². The molecule has 2 aliphatic rings. The predicted octanol–water partition coefficient (Wildman–Crippen LogP) is 8.28. The van der Waals surface area contributed by atoms with Crippen molar-refractivity contribution in [1.29, 1.82) is 0 Å². The van der Waals surface area contributed by atoms with Gasteiger partial charge in [-0.2, -0.15) is 0 Å². The first kappa shape index (κ1) is 23.2. The van der Waals surface area contributed by atoms with Gasteiger partial charge in [-0.1, -0.05) is 135 Å². The maximum Gasteiger partial charge on any atom is 0.122 e. The van der Waals surface area contributed by atoms with E-state index in [2.05, 4.69) is 110 Å². The van der Waals surface area contributed by atoms with E-state index in [0.717, 1.165) is 50.9 Å². The molecule has 0 spiro atoms. The zero-order valence-corrected chi connectivity index (χ0v) is 20.8. The molecule has 6 rings (SSSR count). The number of hydrogen-bond donors (Lipinski definition) is 1. The summed E-state index contributed by atoms with van der Waals surface area (Å²) < 4.78 is 0. The number of rotatable bonds is 5. The highest BCUT2D eigenvalue weighted by Crippen LogP contribution is 2.53. The second-order valence-corrected chi connectivity index (χ2v) is 9.96. The summed E-state index contributed by atoms with van der Waals surface area (Å²) in [6, 6.07) is 35.7. The molecule has 0 radical (unpaired) electrons. The van der Waals surface area contributed by atoms with Crippen LogP contribution in [-0.4, -0.2) is 5.11 Å². The van der Waals surface area contributed by atoms with Crippen LogP contribution in [0.5, 0.6) is 0 Å². The normalized spacial score (nSPS) is 22.2. The zero-order chi connectivity index (χ0) is 25.4. The van der Waals surface area contributed by atoms with Crippen LogP contribution < -0.4 is 0 Å². The quantitative estimate of drug-likeness (QED) is 0.306. The summed E-state index contributed by atoms with van der Waals surface area (Å²) >= 11 is 0. The lowest BCUT2D eigenvalue weighted by Crippen LogP contribution is -2.45. The van der Waals surface area contributed by atoms with Gasteiger partial charge in [0.05, 0.1) is 0 Å². The topological polar surface area (TPSA) is 20.2 Å². The van der Waals surface area contributed by atoms with E-state index in [9.17, 15) is 5.11 Å². The summed E-state index contributed by atoms with van der Waals surface area (Å²) in [5.74, 6) is 0.0122. The summed E-state index contributed by atoms with van der Waals surface area (Å²) in [7, 11) is 0. The Morgan fingerprint density at radius 3 is 1.97 bits per heavy atom. The minimum absolute atomic E-state index is 0.135. The van der Waals surface area contributed by atoms with Crippen molar-refractivity contribution in [2.24, 2.45) is 11.8 Å². The van der Waals surface area contributed by atoms with Gasteiger partial charge in [0.25, 0.3) is 0 Å². The van der Waals surface area contributed by atoms with Crippen molar-refractivity contribution in [3.05, 3.63) is 168 Å². The van der Waals surface area contributed by atoms with Gasteiger partial charge in [-0.25, -0.2) is 0 Å². The molecule has 4 aromatic carbocycles. The van der Waals surface area contributed by atoms with Crippen LogP contribution in [0.3, 0.4) is 0 Å². The molecule has 0 heterocycles. The third kappa shape index (κ3) is 3.84. The van der Waals surface area contributed by atoms with Gasteiger partial charge in [0, 0.05) is 5.92 Å². The van der Waals surface area contributed by atoms with Crippen molar-refractivity contribution in [2.75, 3.05) is 0 Å². The third-order valence-electron chi connectivity index (χ3n) is 7.98. The lowest BCUT2D eigenvalue weighted by atomic mass is 9.60. The predicted molar refractivity (Wildman–Crippen MR) is 154 cm³/mol. The van der Waals surface area contributed by atoms with Crippen molar-refractivity contribution in [3.8, 4) is 22.3 Å². The van der Waals surface area contributed by atoms with Crippen molar-refractivity contribution in [2.45, 2.75) is 12.0 Å². The van der Waals surface area contributed by atoms with E-state index in [0.29, 0.717) is 0 Å². The van der Waals surface area contributed by atoms with Crippen molar-refractivity contribution in [1.82, 2.24) is 0 Å². The van der Waals surface area contributed by atoms with Crippen LogP contribution in [-0.2, 0) is 12.0 Å². The first-order valence-corrected chi connectivity index (χ1v) is 12.9. The molecule has 1 heteroatoms. The highest BCUT2D eigenvalue weighted by atomic mass is 16.3. The highest BCUT2D eigenvalue weighted by molar-refractivity contribution is 5.77. The molecule has 3 unspecified atom stereocenters. The van der Waals surface area contributed by atoms with Crippen LogP contribution in [0.25, 0.3) is 22.3 Å². The van der Waals surface area contributed by atoms with Crippen LogP contribution in [0.4, 0.5) is 0 Å². The molecule has 4 aromatic rings. The molecular formula is C36H30O. The lowest BCUT2D eigenvalue weighted by molar-refractivity contribution is 0.00944.